The Labute approximate surface area is 229 Å². The van der Waals surface area contributed by atoms with Crippen molar-refractivity contribution in [2.75, 3.05) is 39.8 Å². The van der Waals surface area contributed by atoms with Gasteiger partial charge in [-0.15, -0.1) is 22.7 Å². The van der Waals surface area contributed by atoms with E-state index in [1.165, 1.54) is 29.4 Å². The molecule has 2 aromatic rings. The van der Waals surface area contributed by atoms with Crippen molar-refractivity contribution in [2.24, 2.45) is 0 Å². The van der Waals surface area contributed by atoms with E-state index < -0.39 is 22.0 Å². The zero-order valence-corrected chi connectivity index (χ0v) is 23.5. The van der Waals surface area contributed by atoms with E-state index in [-0.39, 0.29) is 35.2 Å². The highest BCUT2D eigenvalue weighted by atomic mass is 35.5. The summed E-state index contributed by atoms with van der Waals surface area (Å²) in [5.74, 6) is -0.959. The fraction of sp³-hybridized carbons (Fsp3) is 0.522. The fourth-order valence-electron chi connectivity index (χ4n) is 4.54. The van der Waals surface area contributed by atoms with Crippen molar-refractivity contribution in [1.29, 1.82) is 0 Å². The van der Waals surface area contributed by atoms with Crippen LogP contribution in [0.15, 0.2) is 28.5 Å². The minimum absolute atomic E-state index is 0.0638. The Kier molecular flexibility index (Phi) is 9.24. The first-order valence-corrected chi connectivity index (χ1v) is 15.4. The minimum Gasteiger partial charge on any atom is -0.468 e. The summed E-state index contributed by atoms with van der Waals surface area (Å²) in [5, 5.41) is 3.01. The van der Waals surface area contributed by atoms with Gasteiger partial charge in [-0.2, -0.15) is 4.72 Å². The summed E-state index contributed by atoms with van der Waals surface area (Å²) in [6.07, 6.45) is 2.59. The van der Waals surface area contributed by atoms with Crippen LogP contribution in [0, 0.1) is 0 Å². The third-order valence-electron chi connectivity index (χ3n) is 6.39. The third kappa shape index (κ3) is 6.89. The number of methoxy groups -OCH3 is 1. The van der Waals surface area contributed by atoms with Crippen LogP contribution in [0.4, 0.5) is 0 Å². The number of carbonyl (C=O) groups excluding carboxylic acids is 3. The Morgan fingerprint density at radius 2 is 1.84 bits per heavy atom. The summed E-state index contributed by atoms with van der Waals surface area (Å²) in [6, 6.07) is 5.84. The zero-order valence-electron chi connectivity index (χ0n) is 20.3. The predicted octanol–water partition coefficient (Wildman–Crippen LogP) is 2.15. The number of thiophene rings is 2. The van der Waals surface area contributed by atoms with Gasteiger partial charge >= 0.3 is 5.97 Å². The molecule has 202 valence electrons. The molecule has 0 spiro atoms. The molecule has 2 atom stereocenters. The Hall–Kier alpha value is -2.03. The van der Waals surface area contributed by atoms with Gasteiger partial charge in [0.2, 0.25) is 11.8 Å². The molecule has 2 saturated heterocycles. The van der Waals surface area contributed by atoms with Gasteiger partial charge in [0, 0.05) is 35.4 Å². The Balaban J connectivity index is 1.35. The van der Waals surface area contributed by atoms with E-state index in [9.17, 15) is 22.8 Å². The van der Waals surface area contributed by atoms with Crippen molar-refractivity contribution in [3.63, 3.8) is 0 Å². The first kappa shape index (κ1) is 28.0. The number of hydrogen-bond donors (Lipinski definition) is 2. The maximum atomic E-state index is 13.1. The number of carbonyl (C=O) groups is 3. The van der Waals surface area contributed by atoms with E-state index in [0.717, 1.165) is 33.9 Å². The number of likely N-dealkylation sites (tertiary alicyclic amines) is 2. The second kappa shape index (κ2) is 12.2. The monoisotopic (exact) mass is 588 g/mol. The molecule has 2 unspecified atom stereocenters. The van der Waals surface area contributed by atoms with E-state index in [1.807, 2.05) is 6.07 Å². The largest absolute Gasteiger partial charge is 0.468 e. The SMILES string of the molecule is COC(=O)CNCC1CCCN1C(=O)CN1CCCC(NS(=O)(=O)c2ccc(-c3ccc(Cl)s3)s2)C1=O. The highest BCUT2D eigenvalue weighted by Crippen LogP contribution is 2.37. The molecule has 14 heteroatoms. The molecule has 2 fully saturated rings. The number of ether oxygens (including phenoxy) is 1. The van der Waals surface area contributed by atoms with Gasteiger partial charge < -0.3 is 19.9 Å². The van der Waals surface area contributed by atoms with Gasteiger partial charge in [0.25, 0.3) is 10.0 Å². The number of nitrogens with one attached hydrogen (secondary N) is 2. The van der Waals surface area contributed by atoms with Crippen LogP contribution in [0.5, 0.6) is 0 Å². The molecule has 0 aromatic carbocycles. The Bertz CT molecular complexity index is 1250. The molecular weight excluding hydrogens is 560 g/mol. The van der Waals surface area contributed by atoms with E-state index in [2.05, 4.69) is 14.8 Å². The molecule has 37 heavy (non-hydrogen) atoms. The molecule has 2 N–H and O–H groups in total. The van der Waals surface area contributed by atoms with Crippen molar-refractivity contribution < 1.29 is 27.5 Å². The van der Waals surface area contributed by atoms with Crippen LogP contribution in [0.2, 0.25) is 4.34 Å². The van der Waals surface area contributed by atoms with E-state index >= 15 is 0 Å². The maximum Gasteiger partial charge on any atom is 0.319 e. The van der Waals surface area contributed by atoms with Crippen LogP contribution in [0.1, 0.15) is 25.7 Å². The number of piperidine rings is 1. The van der Waals surface area contributed by atoms with Gasteiger partial charge in [0.05, 0.1) is 24.5 Å². The second-order valence-electron chi connectivity index (χ2n) is 8.89. The Morgan fingerprint density at radius 1 is 1.11 bits per heavy atom. The van der Waals surface area contributed by atoms with Crippen LogP contribution in [-0.2, 0) is 29.1 Å². The van der Waals surface area contributed by atoms with Gasteiger partial charge in [0.15, 0.2) is 0 Å². The van der Waals surface area contributed by atoms with Crippen molar-refractivity contribution >= 4 is 62.1 Å². The molecule has 2 aromatic heterocycles. The molecule has 0 aliphatic carbocycles. The van der Waals surface area contributed by atoms with Gasteiger partial charge in [-0.25, -0.2) is 8.42 Å². The highest BCUT2D eigenvalue weighted by molar-refractivity contribution is 7.91. The molecule has 0 saturated carbocycles. The van der Waals surface area contributed by atoms with Crippen LogP contribution in [-0.4, -0.2) is 87.9 Å². The number of nitrogens with zero attached hydrogens (tertiary/aromatic N) is 2. The first-order valence-electron chi connectivity index (χ1n) is 11.9. The van der Waals surface area contributed by atoms with E-state index in [0.29, 0.717) is 36.8 Å². The maximum absolute atomic E-state index is 13.1. The second-order valence-corrected chi connectivity index (χ2v) is 13.6. The average Bonchev–Trinajstić information content (AvgIpc) is 3.62. The summed E-state index contributed by atoms with van der Waals surface area (Å²) in [7, 11) is -2.60. The standard InChI is InChI=1S/C23H29ClN4O6S3/c1-34-21(30)13-25-12-15-4-2-11-28(15)20(29)14-27-10-3-5-16(23(27)31)26-37(32,33)22-9-7-18(36-22)17-6-8-19(24)35-17/h6-9,15-16,25-26H,2-5,10-14H2,1H3. The third-order valence-corrected chi connectivity index (χ3v) is 10.9. The lowest BCUT2D eigenvalue weighted by molar-refractivity contribution is -0.143. The molecule has 0 bridgehead atoms. The lowest BCUT2D eigenvalue weighted by Crippen LogP contribution is -2.55. The predicted molar refractivity (Wildman–Crippen MR) is 142 cm³/mol. The zero-order chi connectivity index (χ0) is 26.6. The molecular formula is C23H29ClN4O6S3. The van der Waals surface area contributed by atoms with Gasteiger partial charge in [-0.05, 0) is 49.9 Å². The number of halogens is 1. The molecule has 2 aliphatic rings. The number of sulfonamides is 1. The van der Waals surface area contributed by atoms with Gasteiger partial charge in [-0.1, -0.05) is 11.6 Å². The molecule has 2 amide bonds. The highest BCUT2D eigenvalue weighted by Gasteiger charge is 2.36. The molecule has 4 rings (SSSR count). The molecule has 0 radical (unpaired) electrons. The molecule has 4 heterocycles. The molecule has 2 aliphatic heterocycles. The number of rotatable bonds is 10. The van der Waals surface area contributed by atoms with Crippen molar-refractivity contribution in [3.05, 3.63) is 28.6 Å². The quantitative estimate of drug-likeness (QED) is 0.407. The molecule has 10 nitrogen and oxygen atoms in total. The smallest absolute Gasteiger partial charge is 0.319 e. The summed E-state index contributed by atoms with van der Waals surface area (Å²) < 4.78 is 34.0. The van der Waals surface area contributed by atoms with Crippen molar-refractivity contribution in [1.82, 2.24) is 19.8 Å². The summed E-state index contributed by atoms with van der Waals surface area (Å²) in [6.45, 7) is 1.39. The van der Waals surface area contributed by atoms with Crippen LogP contribution in [0.25, 0.3) is 9.75 Å². The normalized spacial score (nSPS) is 20.4. The van der Waals surface area contributed by atoms with Gasteiger partial charge in [-0.3, -0.25) is 14.4 Å². The van der Waals surface area contributed by atoms with E-state index in [4.69, 9.17) is 11.6 Å². The van der Waals surface area contributed by atoms with Gasteiger partial charge in [0.1, 0.15) is 10.3 Å². The van der Waals surface area contributed by atoms with Crippen molar-refractivity contribution in [3.8, 4) is 9.75 Å². The summed E-state index contributed by atoms with van der Waals surface area (Å²) >= 11 is 8.47. The lowest BCUT2D eigenvalue weighted by atomic mass is 10.1. The topological polar surface area (TPSA) is 125 Å². The van der Waals surface area contributed by atoms with E-state index in [1.54, 1.807) is 17.0 Å². The van der Waals surface area contributed by atoms with Crippen LogP contribution >= 0.6 is 34.3 Å². The number of hydrogen-bond acceptors (Lipinski definition) is 9. The fourth-order valence-corrected chi connectivity index (χ4v) is 8.22. The lowest BCUT2D eigenvalue weighted by Gasteiger charge is -2.34. The van der Waals surface area contributed by atoms with Crippen molar-refractivity contribution in [2.45, 2.75) is 42.0 Å². The first-order chi connectivity index (χ1) is 17.7. The Morgan fingerprint density at radius 3 is 2.57 bits per heavy atom. The summed E-state index contributed by atoms with van der Waals surface area (Å²) in [5.41, 5.74) is 0. The minimum atomic E-state index is -3.92. The average molecular weight is 589 g/mol. The van der Waals surface area contributed by atoms with Crippen LogP contribution < -0.4 is 10.0 Å². The van der Waals surface area contributed by atoms with Crippen LogP contribution in [0.3, 0.4) is 0 Å². The number of amides is 2. The summed E-state index contributed by atoms with van der Waals surface area (Å²) in [4.78, 5) is 42.3. The number of esters is 1.